The van der Waals surface area contributed by atoms with Crippen molar-refractivity contribution < 1.29 is 0 Å². The first-order valence-electron chi connectivity index (χ1n) is 6.24. The van der Waals surface area contributed by atoms with Crippen LogP contribution < -0.4 is 5.32 Å². The van der Waals surface area contributed by atoms with Gasteiger partial charge in [-0.1, -0.05) is 41.6 Å². The molecule has 4 heteroatoms. The number of hydrogen-bond acceptors (Lipinski definition) is 2. The zero-order valence-corrected chi connectivity index (χ0v) is 11.4. The molecule has 0 fully saturated rings. The quantitative estimate of drug-likeness (QED) is 0.704. The number of halogens is 1. The lowest BCUT2D eigenvalue weighted by Gasteiger charge is -2.00. The van der Waals surface area contributed by atoms with Gasteiger partial charge in [-0.2, -0.15) is 0 Å². The fourth-order valence-electron chi connectivity index (χ4n) is 1.90. The van der Waals surface area contributed by atoms with Crippen molar-refractivity contribution in [3.05, 3.63) is 59.4 Å². The first kappa shape index (κ1) is 12.6. The minimum Gasteiger partial charge on any atom is -0.374 e. The molecule has 3 nitrogen and oxygen atoms in total. The minimum absolute atomic E-state index is 0.561. The molecule has 0 unspecified atom stereocenters. The van der Waals surface area contributed by atoms with Gasteiger partial charge in [0.25, 0.3) is 0 Å². The van der Waals surface area contributed by atoms with Crippen molar-refractivity contribution in [1.29, 1.82) is 0 Å². The van der Waals surface area contributed by atoms with Crippen molar-refractivity contribution in [3.8, 4) is 11.8 Å². The van der Waals surface area contributed by atoms with E-state index < -0.39 is 0 Å². The highest BCUT2D eigenvalue weighted by atomic mass is 35.5. The van der Waals surface area contributed by atoms with E-state index in [1.54, 1.807) is 6.20 Å². The summed E-state index contributed by atoms with van der Waals surface area (Å²) >= 11 is 6.30. The van der Waals surface area contributed by atoms with Crippen LogP contribution >= 0.6 is 11.6 Å². The van der Waals surface area contributed by atoms with E-state index in [1.807, 2.05) is 42.6 Å². The number of aromatic amines is 1. The van der Waals surface area contributed by atoms with Gasteiger partial charge in [-0.15, -0.1) is 0 Å². The van der Waals surface area contributed by atoms with Crippen LogP contribution in [0.4, 0.5) is 5.69 Å². The van der Waals surface area contributed by atoms with Crippen LogP contribution in [0, 0.1) is 11.8 Å². The van der Waals surface area contributed by atoms with Gasteiger partial charge in [0.1, 0.15) is 5.65 Å². The van der Waals surface area contributed by atoms with E-state index in [9.17, 15) is 0 Å². The Bertz CT molecular complexity index is 782. The van der Waals surface area contributed by atoms with Crippen LogP contribution in [0.1, 0.15) is 5.56 Å². The lowest BCUT2D eigenvalue weighted by molar-refractivity contribution is 1.31. The summed E-state index contributed by atoms with van der Waals surface area (Å²) in [6.07, 6.45) is 3.51. The van der Waals surface area contributed by atoms with E-state index in [4.69, 9.17) is 11.6 Å². The van der Waals surface area contributed by atoms with E-state index in [1.165, 1.54) is 0 Å². The molecule has 0 aliphatic rings. The number of anilines is 1. The highest BCUT2D eigenvalue weighted by Crippen LogP contribution is 2.24. The van der Waals surface area contributed by atoms with Crippen molar-refractivity contribution in [3.63, 3.8) is 0 Å². The van der Waals surface area contributed by atoms with Gasteiger partial charge in [0.15, 0.2) is 0 Å². The third-order valence-corrected chi connectivity index (χ3v) is 3.31. The zero-order valence-electron chi connectivity index (χ0n) is 10.7. The molecule has 0 radical (unpaired) electrons. The lowest BCUT2D eigenvalue weighted by Crippen LogP contribution is -1.97. The molecule has 3 rings (SSSR count). The molecule has 0 amide bonds. The molecule has 0 aliphatic carbocycles. The molecular weight excluding hydrogens is 270 g/mol. The number of para-hydroxylation sites is 1. The first-order valence-corrected chi connectivity index (χ1v) is 6.62. The Balaban J connectivity index is 1.74. The van der Waals surface area contributed by atoms with Gasteiger partial charge in [0.2, 0.25) is 0 Å². The molecule has 0 saturated carbocycles. The number of rotatable bonds is 2. The smallest absolute Gasteiger partial charge is 0.138 e. The topological polar surface area (TPSA) is 40.7 Å². The Kier molecular flexibility index (Phi) is 3.58. The first-order chi connectivity index (χ1) is 9.84. The molecular formula is C16H12ClN3. The largest absolute Gasteiger partial charge is 0.374 e. The van der Waals surface area contributed by atoms with Crippen LogP contribution in [0.15, 0.2) is 48.8 Å². The lowest BCUT2D eigenvalue weighted by atomic mass is 10.2. The maximum absolute atomic E-state index is 6.30. The standard InChI is InChI=1S/C16H12ClN3/c17-15-12(11-20-16-14(15)8-10-19-16)5-4-9-18-13-6-2-1-3-7-13/h1-3,6-8,10-11,18H,9H2,(H,19,20). The average Bonchev–Trinajstić information content (AvgIpc) is 2.96. The molecule has 98 valence electrons. The van der Waals surface area contributed by atoms with Gasteiger partial charge in [-0.05, 0) is 18.2 Å². The van der Waals surface area contributed by atoms with Crippen LogP contribution in [0.25, 0.3) is 11.0 Å². The van der Waals surface area contributed by atoms with Crippen molar-refractivity contribution in [2.45, 2.75) is 0 Å². The second kappa shape index (κ2) is 5.68. The van der Waals surface area contributed by atoms with Crippen molar-refractivity contribution in [2.75, 3.05) is 11.9 Å². The summed E-state index contributed by atoms with van der Waals surface area (Å²) in [5.74, 6) is 6.10. The molecule has 0 aliphatic heterocycles. The number of fused-ring (bicyclic) bond motifs is 1. The summed E-state index contributed by atoms with van der Waals surface area (Å²) in [5.41, 5.74) is 2.57. The molecule has 3 aromatic rings. The average molecular weight is 282 g/mol. The third-order valence-electron chi connectivity index (χ3n) is 2.90. The van der Waals surface area contributed by atoms with Crippen molar-refractivity contribution >= 4 is 28.3 Å². The minimum atomic E-state index is 0.561. The molecule has 1 aromatic carbocycles. The summed E-state index contributed by atoms with van der Waals surface area (Å²) in [5, 5.41) is 4.76. The zero-order chi connectivity index (χ0) is 13.8. The second-order valence-electron chi connectivity index (χ2n) is 4.25. The van der Waals surface area contributed by atoms with Gasteiger partial charge in [0.05, 0.1) is 17.1 Å². The van der Waals surface area contributed by atoms with Crippen LogP contribution in [0.3, 0.4) is 0 Å². The summed E-state index contributed by atoms with van der Waals surface area (Å²) in [6.45, 7) is 0.561. The SMILES string of the molecule is Clc1c(C#CCNc2ccccc2)cnc2[nH]ccc12. The van der Waals surface area contributed by atoms with Crippen molar-refractivity contribution in [1.82, 2.24) is 9.97 Å². The Hall–Kier alpha value is -2.44. The molecule has 0 atom stereocenters. The molecule has 2 heterocycles. The Labute approximate surface area is 122 Å². The summed E-state index contributed by atoms with van der Waals surface area (Å²) in [6, 6.07) is 11.9. The third kappa shape index (κ3) is 2.61. The van der Waals surface area contributed by atoms with E-state index in [-0.39, 0.29) is 0 Å². The fourth-order valence-corrected chi connectivity index (χ4v) is 2.15. The Morgan fingerprint density at radius 2 is 2.05 bits per heavy atom. The van der Waals surface area contributed by atoms with E-state index >= 15 is 0 Å². The number of nitrogens with zero attached hydrogens (tertiary/aromatic N) is 1. The number of benzene rings is 1. The maximum atomic E-state index is 6.30. The van der Waals surface area contributed by atoms with Gasteiger partial charge in [0, 0.05) is 23.5 Å². The Morgan fingerprint density at radius 1 is 1.20 bits per heavy atom. The molecule has 0 saturated heterocycles. The number of hydrogen-bond donors (Lipinski definition) is 2. The number of nitrogens with one attached hydrogen (secondary N) is 2. The molecule has 0 spiro atoms. The van der Waals surface area contributed by atoms with Crippen LogP contribution in [-0.2, 0) is 0 Å². The molecule has 0 bridgehead atoms. The molecule has 2 aromatic heterocycles. The number of H-pyrrole nitrogens is 1. The van der Waals surface area contributed by atoms with Crippen LogP contribution in [-0.4, -0.2) is 16.5 Å². The highest BCUT2D eigenvalue weighted by molar-refractivity contribution is 6.36. The van der Waals surface area contributed by atoms with Gasteiger partial charge in [-0.25, -0.2) is 4.98 Å². The second-order valence-corrected chi connectivity index (χ2v) is 4.63. The Morgan fingerprint density at radius 3 is 2.90 bits per heavy atom. The summed E-state index contributed by atoms with van der Waals surface area (Å²) < 4.78 is 0. The van der Waals surface area contributed by atoms with E-state index in [0.29, 0.717) is 11.6 Å². The van der Waals surface area contributed by atoms with Crippen LogP contribution in [0.2, 0.25) is 5.02 Å². The normalized spacial score (nSPS) is 10.1. The number of aromatic nitrogens is 2. The van der Waals surface area contributed by atoms with Crippen LogP contribution in [0.5, 0.6) is 0 Å². The monoisotopic (exact) mass is 281 g/mol. The predicted molar refractivity (Wildman–Crippen MR) is 82.9 cm³/mol. The fraction of sp³-hybridized carbons (Fsp3) is 0.0625. The number of pyridine rings is 1. The van der Waals surface area contributed by atoms with Gasteiger partial charge >= 0.3 is 0 Å². The van der Waals surface area contributed by atoms with Gasteiger partial charge in [-0.3, -0.25) is 0 Å². The maximum Gasteiger partial charge on any atom is 0.138 e. The van der Waals surface area contributed by atoms with E-state index in [2.05, 4.69) is 27.1 Å². The van der Waals surface area contributed by atoms with E-state index in [0.717, 1.165) is 22.3 Å². The van der Waals surface area contributed by atoms with Gasteiger partial charge < -0.3 is 10.3 Å². The summed E-state index contributed by atoms with van der Waals surface area (Å²) in [7, 11) is 0. The predicted octanol–water partition coefficient (Wildman–Crippen LogP) is 3.68. The molecule has 2 N–H and O–H groups in total. The summed E-state index contributed by atoms with van der Waals surface area (Å²) in [4.78, 5) is 7.30. The molecule has 20 heavy (non-hydrogen) atoms. The highest BCUT2D eigenvalue weighted by Gasteiger charge is 2.04. The van der Waals surface area contributed by atoms with Crippen molar-refractivity contribution in [2.24, 2.45) is 0 Å².